The fourth-order valence-corrected chi connectivity index (χ4v) is 1.57. The van der Waals surface area contributed by atoms with Crippen molar-refractivity contribution >= 4 is 11.9 Å². The first-order valence-electron chi connectivity index (χ1n) is 5.52. The molecule has 0 bridgehead atoms. The summed E-state index contributed by atoms with van der Waals surface area (Å²) in [6.45, 7) is -1.82. The molecule has 9 heteroatoms. The fourth-order valence-electron chi connectivity index (χ4n) is 1.57. The molecular formula is C10H14F3NO5. The monoisotopic (exact) mass is 285 g/mol. The lowest BCUT2D eigenvalue weighted by molar-refractivity contribution is -0.174. The van der Waals surface area contributed by atoms with E-state index in [-0.39, 0.29) is 26.1 Å². The summed E-state index contributed by atoms with van der Waals surface area (Å²) in [7, 11) is 0. The molecule has 0 radical (unpaired) electrons. The van der Waals surface area contributed by atoms with Gasteiger partial charge in [-0.2, -0.15) is 13.2 Å². The van der Waals surface area contributed by atoms with Gasteiger partial charge in [-0.1, -0.05) is 0 Å². The Morgan fingerprint density at radius 2 is 2.11 bits per heavy atom. The van der Waals surface area contributed by atoms with Crippen molar-refractivity contribution in [3.8, 4) is 0 Å². The smallest absolute Gasteiger partial charge is 0.411 e. The maximum atomic E-state index is 11.8. The summed E-state index contributed by atoms with van der Waals surface area (Å²) < 4.78 is 44.4. The van der Waals surface area contributed by atoms with Gasteiger partial charge in [0.1, 0.15) is 6.61 Å². The minimum absolute atomic E-state index is 0.123. The lowest BCUT2D eigenvalue weighted by Gasteiger charge is -2.23. The molecule has 0 spiro atoms. The summed E-state index contributed by atoms with van der Waals surface area (Å²) in [4.78, 5) is 22.5. The molecule has 1 unspecified atom stereocenters. The Labute approximate surface area is 106 Å². The van der Waals surface area contributed by atoms with Gasteiger partial charge < -0.3 is 19.9 Å². The molecule has 19 heavy (non-hydrogen) atoms. The van der Waals surface area contributed by atoms with E-state index in [2.05, 4.69) is 10.1 Å². The third-order valence-electron chi connectivity index (χ3n) is 2.55. The SMILES string of the molecule is O=C(CCOCC(F)(F)F)NC1(C(=O)O)CCOC1. The van der Waals surface area contributed by atoms with E-state index in [1.165, 1.54) is 0 Å². The van der Waals surface area contributed by atoms with Crippen LogP contribution in [0.2, 0.25) is 0 Å². The number of halogens is 3. The van der Waals surface area contributed by atoms with Crippen molar-refractivity contribution in [2.24, 2.45) is 0 Å². The molecule has 1 aliphatic rings. The zero-order valence-corrected chi connectivity index (χ0v) is 9.96. The van der Waals surface area contributed by atoms with E-state index in [1.807, 2.05) is 0 Å². The number of nitrogens with one attached hydrogen (secondary N) is 1. The number of ether oxygens (including phenoxy) is 2. The summed E-state index contributed by atoms with van der Waals surface area (Å²) in [5.74, 6) is -1.91. The average Bonchev–Trinajstić information content (AvgIpc) is 2.73. The van der Waals surface area contributed by atoms with Crippen molar-refractivity contribution in [2.75, 3.05) is 26.4 Å². The van der Waals surface area contributed by atoms with E-state index in [9.17, 15) is 22.8 Å². The Balaban J connectivity index is 2.32. The number of aliphatic carboxylic acids is 1. The van der Waals surface area contributed by atoms with Gasteiger partial charge in [0.2, 0.25) is 5.91 Å². The Kier molecular flexibility index (Phi) is 5.12. The minimum atomic E-state index is -4.45. The van der Waals surface area contributed by atoms with E-state index in [4.69, 9.17) is 9.84 Å². The van der Waals surface area contributed by atoms with Crippen molar-refractivity contribution in [3.63, 3.8) is 0 Å². The van der Waals surface area contributed by atoms with Gasteiger partial charge in [-0.3, -0.25) is 4.79 Å². The second-order valence-corrected chi connectivity index (χ2v) is 4.16. The third-order valence-corrected chi connectivity index (χ3v) is 2.55. The second kappa shape index (κ2) is 6.20. The van der Waals surface area contributed by atoms with Gasteiger partial charge >= 0.3 is 12.1 Å². The van der Waals surface area contributed by atoms with Gasteiger partial charge in [0.15, 0.2) is 5.54 Å². The first-order chi connectivity index (χ1) is 8.75. The largest absolute Gasteiger partial charge is 0.479 e. The highest BCUT2D eigenvalue weighted by Gasteiger charge is 2.43. The summed E-state index contributed by atoms with van der Waals surface area (Å²) >= 11 is 0. The van der Waals surface area contributed by atoms with Crippen LogP contribution in [-0.2, 0) is 19.1 Å². The summed E-state index contributed by atoms with van der Waals surface area (Å²) in [5, 5.41) is 11.3. The Bertz CT molecular complexity index is 339. The van der Waals surface area contributed by atoms with Crippen LogP contribution >= 0.6 is 0 Å². The molecule has 1 rings (SSSR count). The molecule has 110 valence electrons. The number of rotatable bonds is 6. The molecule has 0 aromatic rings. The van der Waals surface area contributed by atoms with E-state index >= 15 is 0 Å². The van der Waals surface area contributed by atoms with Crippen LogP contribution in [0.4, 0.5) is 13.2 Å². The number of hydrogen-bond acceptors (Lipinski definition) is 4. The minimum Gasteiger partial charge on any atom is -0.479 e. The van der Waals surface area contributed by atoms with Crippen LogP contribution in [0.25, 0.3) is 0 Å². The van der Waals surface area contributed by atoms with E-state index < -0.39 is 36.8 Å². The van der Waals surface area contributed by atoms with E-state index in [0.717, 1.165) is 0 Å². The number of carboxylic acids is 1. The van der Waals surface area contributed by atoms with Crippen LogP contribution < -0.4 is 5.32 Å². The van der Waals surface area contributed by atoms with E-state index in [0.29, 0.717) is 0 Å². The highest BCUT2D eigenvalue weighted by molar-refractivity contribution is 5.87. The second-order valence-electron chi connectivity index (χ2n) is 4.16. The molecule has 1 heterocycles. The Hall–Kier alpha value is -1.35. The standard InChI is InChI=1S/C10H14F3NO5/c11-10(12,13)6-18-3-1-7(15)14-9(8(16)17)2-4-19-5-9/h1-6H2,(H,14,15)(H,16,17). The highest BCUT2D eigenvalue weighted by atomic mass is 19.4. The molecule has 0 aromatic carbocycles. The topological polar surface area (TPSA) is 84.9 Å². The Morgan fingerprint density at radius 1 is 1.42 bits per heavy atom. The summed E-state index contributed by atoms with van der Waals surface area (Å²) in [6, 6.07) is 0. The van der Waals surface area contributed by atoms with Gasteiger partial charge in [-0.05, 0) is 0 Å². The molecule has 1 saturated heterocycles. The maximum Gasteiger partial charge on any atom is 0.411 e. The zero-order valence-electron chi connectivity index (χ0n) is 9.96. The molecule has 1 fully saturated rings. The molecular weight excluding hydrogens is 271 g/mol. The third kappa shape index (κ3) is 5.03. The zero-order chi connectivity index (χ0) is 14.5. The van der Waals surface area contributed by atoms with Gasteiger partial charge in [-0.15, -0.1) is 0 Å². The quantitative estimate of drug-likeness (QED) is 0.686. The summed E-state index contributed by atoms with van der Waals surface area (Å²) in [5.41, 5.74) is -1.49. The molecule has 2 N–H and O–H groups in total. The van der Waals surface area contributed by atoms with Crippen LogP contribution in [-0.4, -0.2) is 55.1 Å². The molecule has 6 nitrogen and oxygen atoms in total. The number of carbonyl (C=O) groups excluding carboxylic acids is 1. The maximum absolute atomic E-state index is 11.8. The molecule has 1 amide bonds. The van der Waals surface area contributed by atoms with Crippen molar-refractivity contribution in [1.82, 2.24) is 5.32 Å². The molecule has 0 aromatic heterocycles. The van der Waals surface area contributed by atoms with E-state index in [1.54, 1.807) is 0 Å². The van der Waals surface area contributed by atoms with Crippen LogP contribution in [0.3, 0.4) is 0 Å². The van der Waals surface area contributed by atoms with Crippen molar-refractivity contribution < 1.29 is 37.3 Å². The van der Waals surface area contributed by atoms with Gasteiger partial charge in [0, 0.05) is 19.4 Å². The van der Waals surface area contributed by atoms with Crippen LogP contribution in [0.15, 0.2) is 0 Å². The normalized spacial score (nSPS) is 23.3. The predicted molar refractivity (Wildman–Crippen MR) is 55.4 cm³/mol. The summed E-state index contributed by atoms with van der Waals surface area (Å²) in [6.07, 6.45) is -4.67. The van der Waals surface area contributed by atoms with Crippen LogP contribution in [0.5, 0.6) is 0 Å². The molecule has 0 saturated carbocycles. The van der Waals surface area contributed by atoms with Crippen molar-refractivity contribution in [3.05, 3.63) is 0 Å². The lowest BCUT2D eigenvalue weighted by Crippen LogP contribution is -2.55. The number of carboxylic acid groups (broad SMARTS) is 1. The Morgan fingerprint density at radius 3 is 2.58 bits per heavy atom. The van der Waals surface area contributed by atoms with Crippen molar-refractivity contribution in [1.29, 1.82) is 0 Å². The van der Waals surface area contributed by atoms with Gasteiger partial charge in [0.25, 0.3) is 0 Å². The van der Waals surface area contributed by atoms with Crippen LogP contribution in [0, 0.1) is 0 Å². The molecule has 1 aliphatic heterocycles. The van der Waals surface area contributed by atoms with Gasteiger partial charge in [-0.25, -0.2) is 4.79 Å². The first-order valence-corrected chi connectivity index (χ1v) is 5.52. The first kappa shape index (κ1) is 15.7. The molecule has 1 atom stereocenters. The van der Waals surface area contributed by atoms with Crippen molar-refractivity contribution in [2.45, 2.75) is 24.6 Å². The van der Waals surface area contributed by atoms with Gasteiger partial charge in [0.05, 0.1) is 13.2 Å². The fraction of sp³-hybridized carbons (Fsp3) is 0.800. The lowest BCUT2D eigenvalue weighted by atomic mass is 9.99. The number of alkyl halides is 3. The molecule has 0 aliphatic carbocycles. The number of hydrogen-bond donors (Lipinski definition) is 2. The predicted octanol–water partition coefficient (Wildman–Crippen LogP) is 0.315. The average molecular weight is 285 g/mol. The number of carbonyl (C=O) groups is 2. The van der Waals surface area contributed by atoms with Crippen LogP contribution in [0.1, 0.15) is 12.8 Å². The highest BCUT2D eigenvalue weighted by Crippen LogP contribution is 2.19. The number of amides is 1.